The number of nitrogens with zero attached hydrogens (tertiary/aromatic N) is 1. The SMILES string of the molecule is N#Cc1cc(Cl)ccc1C#CCO. The van der Waals surface area contributed by atoms with Crippen molar-refractivity contribution in [2.24, 2.45) is 0 Å². The van der Waals surface area contributed by atoms with Gasteiger partial charge in [-0.25, -0.2) is 0 Å². The van der Waals surface area contributed by atoms with Crippen molar-refractivity contribution in [3.05, 3.63) is 34.3 Å². The molecule has 0 unspecified atom stereocenters. The van der Waals surface area contributed by atoms with Gasteiger partial charge in [0.05, 0.1) is 5.56 Å². The van der Waals surface area contributed by atoms with Gasteiger partial charge in [0.25, 0.3) is 0 Å². The number of nitriles is 1. The molecule has 0 atom stereocenters. The van der Waals surface area contributed by atoms with Crippen LogP contribution in [-0.4, -0.2) is 11.7 Å². The summed E-state index contributed by atoms with van der Waals surface area (Å²) in [5, 5.41) is 17.7. The smallest absolute Gasteiger partial charge is 0.104 e. The fourth-order valence-electron chi connectivity index (χ4n) is 0.853. The number of halogens is 1. The molecule has 0 aliphatic rings. The number of aliphatic hydroxyl groups excluding tert-OH is 1. The molecule has 1 aromatic rings. The van der Waals surface area contributed by atoms with Gasteiger partial charge in [-0.3, -0.25) is 0 Å². The fraction of sp³-hybridized carbons (Fsp3) is 0.100. The summed E-state index contributed by atoms with van der Waals surface area (Å²) in [6.07, 6.45) is 0. The molecule has 0 fully saturated rings. The molecule has 0 aromatic heterocycles. The molecule has 0 heterocycles. The lowest BCUT2D eigenvalue weighted by molar-refractivity contribution is 0.350. The molecule has 0 aliphatic heterocycles. The van der Waals surface area contributed by atoms with Crippen LogP contribution in [0.5, 0.6) is 0 Å². The van der Waals surface area contributed by atoms with Crippen LogP contribution in [0.25, 0.3) is 0 Å². The van der Waals surface area contributed by atoms with E-state index in [0.29, 0.717) is 16.1 Å². The lowest BCUT2D eigenvalue weighted by Gasteiger charge is -1.94. The molecule has 1 N–H and O–H groups in total. The van der Waals surface area contributed by atoms with Crippen LogP contribution < -0.4 is 0 Å². The first-order chi connectivity index (χ1) is 6.27. The van der Waals surface area contributed by atoms with Crippen LogP contribution in [0.4, 0.5) is 0 Å². The van der Waals surface area contributed by atoms with Gasteiger partial charge < -0.3 is 5.11 Å². The molecule has 0 radical (unpaired) electrons. The topological polar surface area (TPSA) is 44.0 Å². The second kappa shape index (κ2) is 4.52. The van der Waals surface area contributed by atoms with Gasteiger partial charge >= 0.3 is 0 Å². The third-order valence-corrected chi connectivity index (χ3v) is 1.64. The molecule has 0 aliphatic carbocycles. The second-order valence-electron chi connectivity index (χ2n) is 2.26. The van der Waals surface area contributed by atoms with E-state index < -0.39 is 0 Å². The van der Waals surface area contributed by atoms with Crippen LogP contribution >= 0.6 is 11.6 Å². The zero-order valence-corrected chi connectivity index (χ0v) is 7.47. The highest BCUT2D eigenvalue weighted by Crippen LogP contribution is 2.14. The van der Waals surface area contributed by atoms with Gasteiger partial charge in [0.15, 0.2) is 0 Å². The van der Waals surface area contributed by atoms with Crippen molar-refractivity contribution in [3.8, 4) is 17.9 Å². The molecule has 0 saturated heterocycles. The summed E-state index contributed by atoms with van der Waals surface area (Å²) in [7, 11) is 0. The molecular formula is C10H6ClNO. The van der Waals surface area contributed by atoms with E-state index in [1.807, 2.05) is 6.07 Å². The predicted octanol–water partition coefficient (Wildman–Crippen LogP) is 1.56. The summed E-state index contributed by atoms with van der Waals surface area (Å²) >= 11 is 5.68. The Morgan fingerprint density at radius 3 is 2.77 bits per heavy atom. The van der Waals surface area contributed by atoms with Crippen molar-refractivity contribution >= 4 is 11.6 Å². The summed E-state index contributed by atoms with van der Waals surface area (Å²) < 4.78 is 0. The molecule has 64 valence electrons. The van der Waals surface area contributed by atoms with Crippen molar-refractivity contribution < 1.29 is 5.11 Å². The number of hydrogen-bond acceptors (Lipinski definition) is 2. The number of rotatable bonds is 0. The maximum Gasteiger partial charge on any atom is 0.104 e. The summed E-state index contributed by atoms with van der Waals surface area (Å²) in [5.74, 6) is 5.13. The van der Waals surface area contributed by atoms with E-state index in [4.69, 9.17) is 22.0 Å². The third kappa shape index (κ3) is 2.49. The Balaban J connectivity index is 3.16. The maximum atomic E-state index is 8.70. The van der Waals surface area contributed by atoms with Gasteiger partial charge in [-0.15, -0.1) is 0 Å². The Hall–Kier alpha value is -1.48. The highest BCUT2D eigenvalue weighted by atomic mass is 35.5. The molecule has 13 heavy (non-hydrogen) atoms. The maximum absolute atomic E-state index is 8.70. The van der Waals surface area contributed by atoms with Gasteiger partial charge in [0.1, 0.15) is 12.7 Å². The van der Waals surface area contributed by atoms with E-state index in [0.717, 1.165) is 0 Å². The molecule has 1 aromatic carbocycles. The van der Waals surface area contributed by atoms with Crippen molar-refractivity contribution in [2.75, 3.05) is 6.61 Å². The van der Waals surface area contributed by atoms with Crippen molar-refractivity contribution in [1.82, 2.24) is 0 Å². The molecule has 0 amide bonds. The van der Waals surface area contributed by atoms with Gasteiger partial charge in [-0.05, 0) is 18.2 Å². The minimum atomic E-state index is -0.215. The first-order valence-electron chi connectivity index (χ1n) is 3.57. The average molecular weight is 192 g/mol. The van der Waals surface area contributed by atoms with Gasteiger partial charge in [-0.1, -0.05) is 23.4 Å². The predicted molar refractivity (Wildman–Crippen MR) is 50.1 cm³/mol. The van der Waals surface area contributed by atoms with E-state index in [1.165, 1.54) is 0 Å². The van der Waals surface area contributed by atoms with E-state index in [2.05, 4.69) is 11.8 Å². The number of aliphatic hydroxyl groups is 1. The lowest BCUT2D eigenvalue weighted by atomic mass is 10.1. The first kappa shape index (κ1) is 9.61. The minimum absolute atomic E-state index is 0.215. The highest BCUT2D eigenvalue weighted by Gasteiger charge is 1.98. The van der Waals surface area contributed by atoms with E-state index in [-0.39, 0.29) is 6.61 Å². The molecule has 1 rings (SSSR count). The molecule has 3 heteroatoms. The normalized spacial score (nSPS) is 8.38. The van der Waals surface area contributed by atoms with Crippen LogP contribution in [0.1, 0.15) is 11.1 Å². The van der Waals surface area contributed by atoms with Crippen LogP contribution in [0.2, 0.25) is 5.02 Å². The van der Waals surface area contributed by atoms with Gasteiger partial charge in [0, 0.05) is 10.6 Å². The van der Waals surface area contributed by atoms with E-state index in [9.17, 15) is 0 Å². The quantitative estimate of drug-likeness (QED) is 0.633. The summed E-state index contributed by atoms with van der Waals surface area (Å²) in [6, 6.07) is 6.83. The Morgan fingerprint density at radius 1 is 1.38 bits per heavy atom. The van der Waals surface area contributed by atoms with E-state index >= 15 is 0 Å². The molecular weight excluding hydrogens is 186 g/mol. The standard InChI is InChI=1S/C10H6ClNO/c11-10-4-3-8(2-1-5-13)9(6-10)7-12/h3-4,6,13H,5H2. The highest BCUT2D eigenvalue weighted by molar-refractivity contribution is 6.30. The summed E-state index contributed by atoms with van der Waals surface area (Å²) in [5.41, 5.74) is 1.01. The third-order valence-electron chi connectivity index (χ3n) is 1.40. The largest absolute Gasteiger partial charge is 0.384 e. The number of benzene rings is 1. The monoisotopic (exact) mass is 191 g/mol. The van der Waals surface area contributed by atoms with Crippen LogP contribution in [0.3, 0.4) is 0 Å². The van der Waals surface area contributed by atoms with Gasteiger partial charge in [0.2, 0.25) is 0 Å². The molecule has 0 bridgehead atoms. The summed E-state index contributed by atoms with van der Waals surface area (Å²) in [6.45, 7) is -0.215. The number of hydrogen-bond donors (Lipinski definition) is 1. The summed E-state index contributed by atoms with van der Waals surface area (Å²) in [4.78, 5) is 0. The average Bonchev–Trinajstić information content (AvgIpc) is 2.16. The lowest BCUT2D eigenvalue weighted by Crippen LogP contribution is -1.83. The minimum Gasteiger partial charge on any atom is -0.384 e. The Kier molecular flexibility index (Phi) is 3.34. The van der Waals surface area contributed by atoms with Crippen molar-refractivity contribution in [2.45, 2.75) is 0 Å². The second-order valence-corrected chi connectivity index (χ2v) is 2.70. The Bertz CT molecular complexity index is 409. The van der Waals surface area contributed by atoms with Crippen LogP contribution in [0, 0.1) is 23.2 Å². The zero-order valence-electron chi connectivity index (χ0n) is 6.71. The molecule has 0 spiro atoms. The van der Waals surface area contributed by atoms with Crippen LogP contribution in [-0.2, 0) is 0 Å². The zero-order chi connectivity index (χ0) is 9.68. The van der Waals surface area contributed by atoms with Crippen molar-refractivity contribution in [1.29, 1.82) is 5.26 Å². The Morgan fingerprint density at radius 2 is 2.15 bits per heavy atom. The molecule has 0 saturated carbocycles. The van der Waals surface area contributed by atoms with Gasteiger partial charge in [-0.2, -0.15) is 5.26 Å². The first-order valence-corrected chi connectivity index (χ1v) is 3.95. The Labute approximate surface area is 81.4 Å². The van der Waals surface area contributed by atoms with Crippen molar-refractivity contribution in [3.63, 3.8) is 0 Å². The molecule has 2 nitrogen and oxygen atoms in total. The fourth-order valence-corrected chi connectivity index (χ4v) is 1.02. The van der Waals surface area contributed by atoms with E-state index in [1.54, 1.807) is 18.2 Å². The van der Waals surface area contributed by atoms with Crippen LogP contribution in [0.15, 0.2) is 18.2 Å².